The van der Waals surface area contributed by atoms with E-state index in [1.54, 1.807) is 0 Å². The lowest BCUT2D eigenvalue weighted by Crippen LogP contribution is -2.40. The number of likely N-dealkylation sites (N-methyl/N-ethyl adjacent to an activating group) is 1. The maximum Gasteiger partial charge on any atom is 0.0469 e. The molecule has 0 bridgehead atoms. The van der Waals surface area contributed by atoms with Crippen LogP contribution in [0.2, 0.25) is 0 Å². The number of hydrogen-bond donors (Lipinski definition) is 1. The fourth-order valence-corrected chi connectivity index (χ4v) is 1.98. The summed E-state index contributed by atoms with van der Waals surface area (Å²) in [6.45, 7) is 9.80. The van der Waals surface area contributed by atoms with Gasteiger partial charge in [-0.05, 0) is 45.8 Å². The highest BCUT2D eigenvalue weighted by atomic mass is 16.5. The Morgan fingerprint density at radius 1 is 1.40 bits per heavy atom. The molecule has 0 radical (unpaired) electrons. The van der Waals surface area contributed by atoms with E-state index >= 15 is 0 Å². The molecule has 15 heavy (non-hydrogen) atoms. The third-order valence-electron chi connectivity index (χ3n) is 3.22. The van der Waals surface area contributed by atoms with Crippen molar-refractivity contribution in [3.8, 4) is 0 Å². The molecule has 3 nitrogen and oxygen atoms in total. The van der Waals surface area contributed by atoms with Crippen LogP contribution in [0.3, 0.4) is 0 Å². The van der Waals surface area contributed by atoms with E-state index in [2.05, 4.69) is 31.1 Å². The van der Waals surface area contributed by atoms with Crippen LogP contribution in [0.15, 0.2) is 0 Å². The van der Waals surface area contributed by atoms with Crippen LogP contribution in [0.1, 0.15) is 26.7 Å². The molecule has 90 valence electrons. The molecule has 0 spiro atoms. The summed E-state index contributed by atoms with van der Waals surface area (Å²) in [5.41, 5.74) is 0. The summed E-state index contributed by atoms with van der Waals surface area (Å²) >= 11 is 0. The number of hydrogen-bond acceptors (Lipinski definition) is 3. The van der Waals surface area contributed by atoms with Gasteiger partial charge in [-0.25, -0.2) is 0 Å². The number of rotatable bonds is 6. The molecule has 3 heteroatoms. The fourth-order valence-electron chi connectivity index (χ4n) is 1.98. The van der Waals surface area contributed by atoms with Gasteiger partial charge in [0.25, 0.3) is 0 Å². The summed E-state index contributed by atoms with van der Waals surface area (Å²) < 4.78 is 5.35. The van der Waals surface area contributed by atoms with Gasteiger partial charge in [0.15, 0.2) is 0 Å². The summed E-state index contributed by atoms with van der Waals surface area (Å²) in [5.74, 6) is 0.827. The van der Waals surface area contributed by atoms with Crippen LogP contribution in [0.25, 0.3) is 0 Å². The van der Waals surface area contributed by atoms with Gasteiger partial charge < -0.3 is 15.0 Å². The largest absolute Gasteiger partial charge is 0.381 e. The van der Waals surface area contributed by atoms with Crippen molar-refractivity contribution in [1.82, 2.24) is 10.2 Å². The first-order valence-electron chi connectivity index (χ1n) is 6.22. The second-order valence-corrected chi connectivity index (χ2v) is 4.72. The Morgan fingerprint density at radius 2 is 2.07 bits per heavy atom. The highest BCUT2D eigenvalue weighted by Crippen LogP contribution is 2.13. The van der Waals surface area contributed by atoms with Gasteiger partial charge in [-0.1, -0.05) is 6.92 Å². The van der Waals surface area contributed by atoms with Crippen molar-refractivity contribution in [1.29, 1.82) is 0 Å². The average Bonchev–Trinajstić information content (AvgIpc) is 2.27. The van der Waals surface area contributed by atoms with Crippen molar-refractivity contribution < 1.29 is 4.74 Å². The Labute approximate surface area is 94.2 Å². The maximum absolute atomic E-state index is 5.35. The Morgan fingerprint density at radius 3 is 2.67 bits per heavy atom. The third kappa shape index (κ3) is 5.50. The fraction of sp³-hybridized carbons (Fsp3) is 1.00. The Balaban J connectivity index is 2.07. The van der Waals surface area contributed by atoms with Crippen LogP contribution in [0.4, 0.5) is 0 Å². The third-order valence-corrected chi connectivity index (χ3v) is 3.22. The molecule has 1 rings (SSSR count). The predicted molar refractivity (Wildman–Crippen MR) is 64.2 cm³/mol. The Hall–Kier alpha value is -0.120. The van der Waals surface area contributed by atoms with Crippen LogP contribution in [0, 0.1) is 5.92 Å². The minimum absolute atomic E-state index is 0.595. The molecule has 1 atom stereocenters. The van der Waals surface area contributed by atoms with E-state index in [1.165, 1.54) is 12.8 Å². The summed E-state index contributed by atoms with van der Waals surface area (Å²) in [7, 11) is 2.17. The van der Waals surface area contributed by atoms with Crippen molar-refractivity contribution in [3.63, 3.8) is 0 Å². The Bertz CT molecular complexity index is 158. The normalized spacial score (nSPS) is 20.8. The minimum Gasteiger partial charge on any atom is -0.381 e. The van der Waals surface area contributed by atoms with Gasteiger partial charge in [0.2, 0.25) is 0 Å². The van der Waals surface area contributed by atoms with Crippen LogP contribution in [-0.2, 0) is 4.74 Å². The van der Waals surface area contributed by atoms with E-state index in [9.17, 15) is 0 Å². The lowest BCUT2D eigenvalue weighted by molar-refractivity contribution is 0.0652. The van der Waals surface area contributed by atoms with Gasteiger partial charge in [0.05, 0.1) is 0 Å². The van der Waals surface area contributed by atoms with E-state index in [1.807, 2.05) is 0 Å². The molecule has 0 saturated carbocycles. The van der Waals surface area contributed by atoms with Gasteiger partial charge in [-0.3, -0.25) is 0 Å². The van der Waals surface area contributed by atoms with E-state index in [0.29, 0.717) is 6.04 Å². The number of nitrogens with one attached hydrogen (secondary N) is 1. The minimum atomic E-state index is 0.595. The van der Waals surface area contributed by atoms with Gasteiger partial charge in [0.1, 0.15) is 0 Å². The van der Waals surface area contributed by atoms with E-state index in [-0.39, 0.29) is 0 Å². The van der Waals surface area contributed by atoms with Crippen LogP contribution in [0.5, 0.6) is 0 Å². The van der Waals surface area contributed by atoms with Crippen molar-refractivity contribution in [2.24, 2.45) is 5.92 Å². The number of ether oxygens (including phenoxy) is 1. The second-order valence-electron chi connectivity index (χ2n) is 4.72. The van der Waals surface area contributed by atoms with E-state index in [0.717, 1.165) is 38.8 Å². The SMILES string of the molecule is CCN(C)CC(C)NCC1CCOCC1. The zero-order valence-electron chi connectivity index (χ0n) is 10.5. The summed E-state index contributed by atoms with van der Waals surface area (Å²) in [6, 6.07) is 0.595. The molecule has 0 amide bonds. The van der Waals surface area contributed by atoms with Gasteiger partial charge in [-0.2, -0.15) is 0 Å². The molecule has 0 aromatic carbocycles. The maximum atomic E-state index is 5.35. The molecule has 1 unspecified atom stereocenters. The predicted octanol–water partition coefficient (Wildman–Crippen LogP) is 1.34. The summed E-state index contributed by atoms with van der Waals surface area (Å²) in [6.07, 6.45) is 2.45. The molecule has 0 aliphatic carbocycles. The van der Waals surface area contributed by atoms with Gasteiger partial charge >= 0.3 is 0 Å². The first-order chi connectivity index (χ1) is 7.22. The van der Waals surface area contributed by atoms with Crippen molar-refractivity contribution in [2.45, 2.75) is 32.7 Å². The topological polar surface area (TPSA) is 24.5 Å². The molecule has 1 saturated heterocycles. The van der Waals surface area contributed by atoms with Crippen LogP contribution < -0.4 is 5.32 Å². The van der Waals surface area contributed by atoms with E-state index in [4.69, 9.17) is 4.74 Å². The molecule has 1 aliphatic heterocycles. The van der Waals surface area contributed by atoms with Crippen molar-refractivity contribution in [2.75, 3.05) is 39.9 Å². The smallest absolute Gasteiger partial charge is 0.0469 e. The monoisotopic (exact) mass is 214 g/mol. The molecule has 1 fully saturated rings. The standard InChI is InChI=1S/C12H26N2O/c1-4-14(3)10-11(2)13-9-12-5-7-15-8-6-12/h11-13H,4-10H2,1-3H3. The first-order valence-corrected chi connectivity index (χ1v) is 6.22. The lowest BCUT2D eigenvalue weighted by atomic mass is 10.0. The van der Waals surface area contributed by atoms with Crippen LogP contribution in [-0.4, -0.2) is 50.8 Å². The summed E-state index contributed by atoms with van der Waals surface area (Å²) in [5, 5.41) is 3.62. The highest BCUT2D eigenvalue weighted by Gasteiger charge is 2.14. The molecule has 0 aromatic rings. The van der Waals surface area contributed by atoms with Gasteiger partial charge in [-0.15, -0.1) is 0 Å². The molecule has 0 aromatic heterocycles. The molecular formula is C12H26N2O. The second kappa shape index (κ2) is 7.20. The zero-order valence-corrected chi connectivity index (χ0v) is 10.5. The number of nitrogens with zero attached hydrogens (tertiary/aromatic N) is 1. The zero-order chi connectivity index (χ0) is 11.1. The molecular weight excluding hydrogens is 188 g/mol. The highest BCUT2D eigenvalue weighted by molar-refractivity contribution is 4.70. The first kappa shape index (κ1) is 12.9. The van der Waals surface area contributed by atoms with E-state index < -0.39 is 0 Å². The van der Waals surface area contributed by atoms with Gasteiger partial charge in [0, 0.05) is 25.8 Å². The Kier molecular flexibility index (Phi) is 6.22. The quantitative estimate of drug-likeness (QED) is 0.722. The molecule has 1 aliphatic rings. The van der Waals surface area contributed by atoms with Crippen molar-refractivity contribution in [3.05, 3.63) is 0 Å². The average molecular weight is 214 g/mol. The van der Waals surface area contributed by atoms with Crippen molar-refractivity contribution >= 4 is 0 Å². The lowest BCUT2D eigenvalue weighted by Gasteiger charge is -2.26. The molecule has 1 N–H and O–H groups in total. The summed E-state index contributed by atoms with van der Waals surface area (Å²) in [4.78, 5) is 2.35. The molecule has 1 heterocycles. The van der Waals surface area contributed by atoms with Crippen LogP contribution >= 0.6 is 0 Å².